The summed E-state index contributed by atoms with van der Waals surface area (Å²) in [6, 6.07) is 0. The molecule has 0 saturated carbocycles. The molecular weight excluding hydrogens is 721 g/mol. The summed E-state index contributed by atoms with van der Waals surface area (Å²) in [5.74, 6) is -0.886. The van der Waals surface area contributed by atoms with Crippen molar-refractivity contribution in [2.45, 2.75) is 277 Å². The van der Waals surface area contributed by atoms with Crippen LogP contribution in [0.25, 0.3) is 0 Å². The van der Waals surface area contributed by atoms with Crippen LogP contribution < -0.4 is 0 Å². The zero-order valence-electron chi connectivity index (χ0n) is 38.8. The lowest BCUT2D eigenvalue weighted by molar-refractivity contribution is -0.167. The number of unbranched alkanes of at least 4 members (excludes halogenated alkanes) is 31. The highest BCUT2D eigenvalue weighted by molar-refractivity contribution is 5.71. The zero-order valence-corrected chi connectivity index (χ0v) is 38.8. The minimum atomic E-state index is -0.775. The van der Waals surface area contributed by atoms with E-state index < -0.39 is 6.10 Å². The van der Waals surface area contributed by atoms with Crippen molar-refractivity contribution in [3.63, 3.8) is 0 Å². The monoisotopic (exact) mass is 817 g/mol. The van der Waals surface area contributed by atoms with Gasteiger partial charge in [0.25, 0.3) is 0 Å². The summed E-state index contributed by atoms with van der Waals surface area (Å²) in [5.41, 5.74) is 0. The Hall–Kier alpha value is -2.11. The lowest BCUT2D eigenvalue weighted by atomic mass is 10.1. The van der Waals surface area contributed by atoms with E-state index in [1.165, 1.54) is 161 Å². The van der Waals surface area contributed by atoms with Gasteiger partial charge in [0.05, 0.1) is 0 Å². The first kappa shape index (κ1) is 55.9. The quantitative estimate of drug-likeness (QED) is 0.0263. The van der Waals surface area contributed by atoms with Gasteiger partial charge in [-0.15, -0.1) is 0 Å². The van der Waals surface area contributed by atoms with Crippen molar-refractivity contribution in [2.24, 2.45) is 0 Å². The van der Waals surface area contributed by atoms with Crippen LogP contribution in [0.3, 0.4) is 0 Å². The van der Waals surface area contributed by atoms with Crippen LogP contribution in [0.4, 0.5) is 0 Å². The summed E-state index contributed by atoms with van der Waals surface area (Å²) >= 11 is 0. The molecule has 0 amide bonds. The van der Waals surface area contributed by atoms with E-state index in [0.717, 1.165) is 70.6 Å². The van der Waals surface area contributed by atoms with Crippen LogP contribution in [0.2, 0.25) is 0 Å². The van der Waals surface area contributed by atoms with E-state index in [0.29, 0.717) is 19.3 Å². The van der Waals surface area contributed by atoms with Gasteiger partial charge in [0.15, 0.2) is 6.10 Å². The third-order valence-corrected chi connectivity index (χ3v) is 11.2. The average Bonchev–Trinajstić information content (AvgIpc) is 3.22. The normalized spacial score (nSPS) is 12.1. The second-order valence-corrected chi connectivity index (χ2v) is 17.1. The van der Waals surface area contributed by atoms with Gasteiger partial charge < -0.3 is 14.2 Å². The van der Waals surface area contributed by atoms with Crippen LogP contribution in [0, 0.1) is 0 Å². The Labute approximate surface area is 360 Å². The van der Waals surface area contributed by atoms with E-state index in [1.54, 1.807) is 0 Å². The minimum absolute atomic E-state index is 0.0752. The Kier molecular flexibility index (Phi) is 45.8. The van der Waals surface area contributed by atoms with E-state index in [1.807, 2.05) is 0 Å². The van der Waals surface area contributed by atoms with Crippen molar-refractivity contribution in [1.82, 2.24) is 0 Å². The smallest absolute Gasteiger partial charge is 0.306 e. The Balaban J connectivity index is 4.36. The molecule has 340 valence electrons. The van der Waals surface area contributed by atoms with Crippen LogP contribution in [-0.2, 0) is 28.6 Å². The molecule has 0 radical (unpaired) electrons. The fraction of sp³-hybridized carbons (Fsp3) is 0.865. The van der Waals surface area contributed by atoms with E-state index in [9.17, 15) is 14.4 Å². The summed E-state index contributed by atoms with van der Waals surface area (Å²) < 4.78 is 16.8. The van der Waals surface area contributed by atoms with Crippen molar-refractivity contribution in [1.29, 1.82) is 0 Å². The Morgan fingerprint density at radius 1 is 0.328 bits per heavy atom. The van der Waals surface area contributed by atoms with Crippen molar-refractivity contribution in [2.75, 3.05) is 13.2 Å². The van der Waals surface area contributed by atoms with Crippen LogP contribution in [0.5, 0.6) is 0 Å². The first-order valence-electron chi connectivity index (χ1n) is 25.3. The van der Waals surface area contributed by atoms with Gasteiger partial charge >= 0.3 is 17.9 Å². The number of allylic oxidation sites excluding steroid dienone is 4. The van der Waals surface area contributed by atoms with Gasteiger partial charge in [-0.25, -0.2) is 0 Å². The van der Waals surface area contributed by atoms with Crippen molar-refractivity contribution >= 4 is 17.9 Å². The van der Waals surface area contributed by atoms with E-state index in [2.05, 4.69) is 45.1 Å². The minimum Gasteiger partial charge on any atom is -0.462 e. The number of ether oxygens (including phenoxy) is 3. The second kappa shape index (κ2) is 47.6. The van der Waals surface area contributed by atoms with Gasteiger partial charge in [-0.1, -0.05) is 206 Å². The highest BCUT2D eigenvalue weighted by Gasteiger charge is 2.19. The topological polar surface area (TPSA) is 78.9 Å². The molecule has 0 aliphatic heterocycles. The molecule has 58 heavy (non-hydrogen) atoms. The SMILES string of the molecule is CCCCCC/C=C\CCCCCCCCCC(=O)OCC(COC(=O)CCCCCCCCCCCCC)OC(=O)CCCCC/C=C\CCCCCCCCC. The number of esters is 3. The fourth-order valence-corrected chi connectivity index (χ4v) is 7.31. The fourth-order valence-electron chi connectivity index (χ4n) is 7.31. The molecule has 0 N–H and O–H groups in total. The molecule has 0 fully saturated rings. The summed E-state index contributed by atoms with van der Waals surface area (Å²) in [5, 5.41) is 0. The maximum absolute atomic E-state index is 12.8. The molecule has 0 heterocycles. The third-order valence-electron chi connectivity index (χ3n) is 11.2. The Bertz CT molecular complexity index is 942. The molecule has 0 aromatic carbocycles. The van der Waals surface area contributed by atoms with E-state index >= 15 is 0 Å². The predicted molar refractivity (Wildman–Crippen MR) is 247 cm³/mol. The molecule has 0 bridgehead atoms. The number of hydrogen-bond acceptors (Lipinski definition) is 6. The van der Waals surface area contributed by atoms with Crippen LogP contribution in [-0.4, -0.2) is 37.2 Å². The molecule has 0 spiro atoms. The summed E-state index contributed by atoms with van der Waals surface area (Å²) in [7, 11) is 0. The maximum Gasteiger partial charge on any atom is 0.306 e. The summed E-state index contributed by atoms with van der Waals surface area (Å²) in [4.78, 5) is 37.9. The molecule has 0 saturated heterocycles. The average molecular weight is 817 g/mol. The van der Waals surface area contributed by atoms with Gasteiger partial charge in [-0.05, 0) is 70.6 Å². The number of hydrogen-bond donors (Lipinski definition) is 0. The lowest BCUT2D eigenvalue weighted by Gasteiger charge is -2.18. The highest BCUT2D eigenvalue weighted by atomic mass is 16.6. The van der Waals surface area contributed by atoms with Crippen molar-refractivity contribution in [3.8, 4) is 0 Å². The van der Waals surface area contributed by atoms with Gasteiger partial charge in [0.2, 0.25) is 0 Å². The maximum atomic E-state index is 12.8. The molecule has 1 unspecified atom stereocenters. The molecular formula is C52H96O6. The van der Waals surface area contributed by atoms with Crippen molar-refractivity contribution in [3.05, 3.63) is 24.3 Å². The van der Waals surface area contributed by atoms with Crippen LogP contribution in [0.1, 0.15) is 271 Å². The number of carbonyl (C=O) groups excluding carboxylic acids is 3. The predicted octanol–water partition coefficient (Wildman–Crippen LogP) is 16.4. The molecule has 6 nitrogen and oxygen atoms in total. The van der Waals surface area contributed by atoms with E-state index in [4.69, 9.17) is 14.2 Å². The molecule has 1 atom stereocenters. The largest absolute Gasteiger partial charge is 0.462 e. The molecule has 0 aliphatic rings. The molecule has 0 aliphatic carbocycles. The van der Waals surface area contributed by atoms with Gasteiger partial charge in [-0.2, -0.15) is 0 Å². The highest BCUT2D eigenvalue weighted by Crippen LogP contribution is 2.15. The van der Waals surface area contributed by atoms with Gasteiger partial charge in [0, 0.05) is 19.3 Å². The molecule has 0 aromatic rings. The molecule has 0 aromatic heterocycles. The van der Waals surface area contributed by atoms with Gasteiger partial charge in [0.1, 0.15) is 13.2 Å². The molecule has 0 rings (SSSR count). The van der Waals surface area contributed by atoms with Crippen LogP contribution >= 0.6 is 0 Å². The van der Waals surface area contributed by atoms with Crippen molar-refractivity contribution < 1.29 is 28.6 Å². The van der Waals surface area contributed by atoms with Gasteiger partial charge in [-0.3, -0.25) is 14.4 Å². The standard InChI is InChI=1S/C52H96O6/c1-4-7-10-13-16-19-22-24-26-28-30-33-36-39-42-45-51(54)57-48-49(47-56-50(53)44-41-38-35-32-29-21-18-15-12-9-6-3)58-52(55)46-43-40-37-34-31-27-25-23-20-17-14-11-8-5-2/h19,22,27,31,49H,4-18,20-21,23-26,28-30,32-48H2,1-3H3/b22-19-,31-27-. The third kappa shape index (κ3) is 45.0. The summed E-state index contributed by atoms with van der Waals surface area (Å²) in [6.07, 6.45) is 53.0. The molecule has 6 heteroatoms. The first-order valence-corrected chi connectivity index (χ1v) is 25.3. The Morgan fingerprint density at radius 2 is 0.569 bits per heavy atom. The number of rotatable bonds is 46. The first-order chi connectivity index (χ1) is 28.5. The number of carbonyl (C=O) groups is 3. The zero-order chi connectivity index (χ0) is 42.3. The second-order valence-electron chi connectivity index (χ2n) is 17.1. The Morgan fingerprint density at radius 3 is 0.897 bits per heavy atom. The van der Waals surface area contributed by atoms with Crippen LogP contribution in [0.15, 0.2) is 24.3 Å². The van der Waals surface area contributed by atoms with E-state index in [-0.39, 0.29) is 31.1 Å². The summed E-state index contributed by atoms with van der Waals surface area (Å²) in [6.45, 7) is 6.62. The lowest BCUT2D eigenvalue weighted by Crippen LogP contribution is -2.30.